The van der Waals surface area contributed by atoms with Gasteiger partial charge in [-0.05, 0) is 31.0 Å². The molecule has 8 nitrogen and oxygen atoms in total. The highest BCUT2D eigenvalue weighted by molar-refractivity contribution is 9.09. The van der Waals surface area contributed by atoms with E-state index in [-0.39, 0.29) is 29.2 Å². The molecule has 2 aromatic carbocycles. The van der Waals surface area contributed by atoms with E-state index in [9.17, 15) is 19.5 Å². The average molecular weight is 542 g/mol. The fourth-order valence-electron chi connectivity index (χ4n) is 5.86. The van der Waals surface area contributed by atoms with Crippen LogP contribution in [0, 0.1) is 11.8 Å². The number of para-hydroxylation sites is 1. The van der Waals surface area contributed by atoms with Crippen molar-refractivity contribution in [3.05, 3.63) is 66.2 Å². The average Bonchev–Trinajstić information content (AvgIpc) is 3.46. The van der Waals surface area contributed by atoms with Gasteiger partial charge in [0.2, 0.25) is 17.7 Å². The van der Waals surface area contributed by atoms with Crippen LogP contribution < -0.4 is 10.6 Å². The number of ether oxygens (including phenoxy) is 1. The first kappa shape index (κ1) is 24.0. The monoisotopic (exact) mass is 541 g/mol. The number of nitrogens with zero attached hydrogens (tertiary/aromatic N) is 1. The van der Waals surface area contributed by atoms with E-state index in [4.69, 9.17) is 4.74 Å². The minimum Gasteiger partial charge on any atom is -0.394 e. The molecular weight excluding hydrogens is 514 g/mol. The number of halogens is 1. The molecule has 2 aromatic rings. The quantitative estimate of drug-likeness (QED) is 0.465. The van der Waals surface area contributed by atoms with Crippen LogP contribution in [0.4, 0.5) is 5.69 Å². The van der Waals surface area contributed by atoms with Gasteiger partial charge in [0.15, 0.2) is 0 Å². The molecule has 9 heteroatoms. The topological polar surface area (TPSA) is 108 Å². The first-order valence-electron chi connectivity index (χ1n) is 11.8. The SMILES string of the molecule is C[C@H](CO)N1C(=O)[C@@H]2[C@H](C(=O)Nc3ccccc3)[C@H]3OC2(CC3Br)C1C(=O)NCc1ccccc1. The number of aliphatic hydroxyl groups is 1. The second kappa shape index (κ2) is 9.37. The summed E-state index contributed by atoms with van der Waals surface area (Å²) in [5.74, 6) is -2.57. The van der Waals surface area contributed by atoms with E-state index in [0.29, 0.717) is 18.7 Å². The van der Waals surface area contributed by atoms with Crippen LogP contribution in [0.2, 0.25) is 0 Å². The van der Waals surface area contributed by atoms with Gasteiger partial charge in [-0.25, -0.2) is 0 Å². The molecule has 0 saturated carbocycles. The third-order valence-electron chi connectivity index (χ3n) is 7.37. The van der Waals surface area contributed by atoms with Gasteiger partial charge in [0.1, 0.15) is 11.6 Å². The number of alkyl halides is 1. The maximum Gasteiger partial charge on any atom is 0.246 e. The van der Waals surface area contributed by atoms with E-state index in [2.05, 4.69) is 26.6 Å². The minimum absolute atomic E-state index is 0.188. The molecule has 184 valence electrons. The number of benzene rings is 2. The smallest absolute Gasteiger partial charge is 0.246 e. The van der Waals surface area contributed by atoms with Gasteiger partial charge in [-0.2, -0.15) is 0 Å². The third kappa shape index (κ3) is 3.95. The Kier molecular flexibility index (Phi) is 6.41. The van der Waals surface area contributed by atoms with E-state index < -0.39 is 35.6 Å². The summed E-state index contributed by atoms with van der Waals surface area (Å²) in [6.07, 6.45) is -0.120. The van der Waals surface area contributed by atoms with Crippen LogP contribution in [0.25, 0.3) is 0 Å². The normalized spacial score (nSPS) is 31.8. The second-order valence-corrected chi connectivity index (χ2v) is 10.7. The van der Waals surface area contributed by atoms with E-state index in [1.54, 1.807) is 19.1 Å². The predicted octanol–water partition coefficient (Wildman–Crippen LogP) is 2.07. The van der Waals surface area contributed by atoms with Gasteiger partial charge >= 0.3 is 0 Å². The molecule has 0 aromatic heterocycles. The van der Waals surface area contributed by atoms with Crippen LogP contribution >= 0.6 is 15.9 Å². The Balaban J connectivity index is 1.47. The molecule has 3 N–H and O–H groups in total. The molecule has 1 spiro atoms. The van der Waals surface area contributed by atoms with Gasteiger partial charge in [0.25, 0.3) is 0 Å². The standard InChI is InChI=1S/C26H28BrN3O5/c1-15(14-31)30-22(24(33)28-13-16-8-4-2-5-9-16)26-12-18(27)21(35-26)19(20(26)25(30)34)23(32)29-17-10-6-3-7-11-17/h2-11,15,18-22,31H,12-14H2,1H3,(H,28,33)(H,29,32)/t15-,18?,19+,20+,21+,22?,26?/m1/s1. The molecule has 0 aliphatic carbocycles. The zero-order valence-corrected chi connectivity index (χ0v) is 20.9. The number of nitrogens with one attached hydrogen (secondary N) is 2. The maximum atomic E-state index is 13.8. The number of carbonyl (C=O) groups is 3. The summed E-state index contributed by atoms with van der Waals surface area (Å²) >= 11 is 3.65. The lowest BCUT2D eigenvalue weighted by Gasteiger charge is -2.35. The lowest BCUT2D eigenvalue weighted by atomic mass is 9.70. The maximum absolute atomic E-state index is 13.8. The number of fused-ring (bicyclic) bond motifs is 1. The van der Waals surface area contributed by atoms with Crippen molar-refractivity contribution in [2.45, 2.75) is 48.5 Å². The number of aliphatic hydroxyl groups excluding tert-OH is 1. The number of amides is 3. The highest BCUT2D eigenvalue weighted by atomic mass is 79.9. The van der Waals surface area contributed by atoms with Gasteiger partial charge in [-0.15, -0.1) is 0 Å². The van der Waals surface area contributed by atoms with Crippen molar-refractivity contribution in [1.82, 2.24) is 10.2 Å². The number of carbonyl (C=O) groups excluding carboxylic acids is 3. The fourth-order valence-corrected chi connectivity index (χ4v) is 6.80. The Morgan fingerprint density at radius 1 is 1.14 bits per heavy atom. The Morgan fingerprint density at radius 2 is 1.80 bits per heavy atom. The van der Waals surface area contributed by atoms with Crippen LogP contribution in [0.1, 0.15) is 18.9 Å². The number of anilines is 1. The number of likely N-dealkylation sites (tertiary alicyclic amines) is 1. The summed E-state index contributed by atoms with van der Waals surface area (Å²) in [6.45, 7) is 1.69. The van der Waals surface area contributed by atoms with Gasteiger partial charge in [-0.3, -0.25) is 14.4 Å². The van der Waals surface area contributed by atoms with E-state index in [1.165, 1.54) is 4.90 Å². The molecule has 0 radical (unpaired) electrons. The largest absolute Gasteiger partial charge is 0.394 e. The predicted molar refractivity (Wildman–Crippen MR) is 132 cm³/mol. The van der Waals surface area contributed by atoms with Crippen molar-refractivity contribution < 1.29 is 24.2 Å². The number of hydrogen-bond acceptors (Lipinski definition) is 5. The highest BCUT2D eigenvalue weighted by Crippen LogP contribution is 2.60. The molecule has 3 fully saturated rings. The van der Waals surface area contributed by atoms with Crippen molar-refractivity contribution in [3.63, 3.8) is 0 Å². The van der Waals surface area contributed by atoms with Gasteiger partial charge in [0, 0.05) is 17.1 Å². The molecule has 3 aliphatic heterocycles. The molecule has 5 rings (SSSR count). The summed E-state index contributed by atoms with van der Waals surface area (Å²) in [6, 6.07) is 17.0. The number of rotatable bonds is 7. The first-order valence-corrected chi connectivity index (χ1v) is 12.7. The Morgan fingerprint density at radius 3 is 2.46 bits per heavy atom. The molecule has 3 saturated heterocycles. The molecule has 7 atom stereocenters. The molecule has 2 bridgehead atoms. The van der Waals surface area contributed by atoms with Crippen LogP contribution in [0.5, 0.6) is 0 Å². The summed E-state index contributed by atoms with van der Waals surface area (Å²) in [5, 5.41) is 15.8. The minimum atomic E-state index is -1.15. The molecule has 35 heavy (non-hydrogen) atoms. The van der Waals surface area contributed by atoms with Crippen molar-refractivity contribution in [3.8, 4) is 0 Å². The summed E-state index contributed by atoms with van der Waals surface area (Å²) in [7, 11) is 0. The highest BCUT2D eigenvalue weighted by Gasteiger charge is 2.76. The second-order valence-electron chi connectivity index (χ2n) is 9.50. The molecule has 3 unspecified atom stereocenters. The first-order chi connectivity index (χ1) is 16.9. The zero-order chi connectivity index (χ0) is 24.7. The Hall–Kier alpha value is -2.75. The van der Waals surface area contributed by atoms with Crippen molar-refractivity contribution in [2.24, 2.45) is 11.8 Å². The summed E-state index contributed by atoms with van der Waals surface area (Å²) in [5.41, 5.74) is 0.401. The van der Waals surface area contributed by atoms with Crippen LogP contribution in [0.3, 0.4) is 0 Å². The van der Waals surface area contributed by atoms with Crippen molar-refractivity contribution in [2.75, 3.05) is 11.9 Å². The van der Waals surface area contributed by atoms with Crippen molar-refractivity contribution in [1.29, 1.82) is 0 Å². The lowest BCUT2D eigenvalue weighted by molar-refractivity contribution is -0.144. The van der Waals surface area contributed by atoms with Crippen LogP contribution in [-0.4, -0.2) is 63.0 Å². The van der Waals surface area contributed by atoms with Gasteiger partial charge in [0.05, 0.1) is 30.6 Å². The third-order valence-corrected chi connectivity index (χ3v) is 8.21. The lowest BCUT2D eigenvalue weighted by Crippen LogP contribution is -2.57. The Labute approximate surface area is 212 Å². The Bertz CT molecular complexity index is 1120. The zero-order valence-electron chi connectivity index (χ0n) is 19.3. The van der Waals surface area contributed by atoms with Gasteiger partial charge in [-0.1, -0.05) is 64.5 Å². The summed E-state index contributed by atoms with van der Waals surface area (Å²) in [4.78, 5) is 42.1. The van der Waals surface area contributed by atoms with E-state index >= 15 is 0 Å². The molecule has 3 aliphatic rings. The summed E-state index contributed by atoms with van der Waals surface area (Å²) < 4.78 is 6.44. The van der Waals surface area contributed by atoms with Crippen LogP contribution in [0.15, 0.2) is 60.7 Å². The fraction of sp³-hybridized carbons (Fsp3) is 0.423. The van der Waals surface area contributed by atoms with Gasteiger partial charge < -0.3 is 25.4 Å². The van der Waals surface area contributed by atoms with Crippen LogP contribution in [-0.2, 0) is 25.7 Å². The molecule has 3 heterocycles. The van der Waals surface area contributed by atoms with E-state index in [0.717, 1.165) is 5.56 Å². The molecule has 3 amide bonds. The van der Waals surface area contributed by atoms with E-state index in [1.807, 2.05) is 48.5 Å². The molecular formula is C26H28BrN3O5. The number of hydrogen-bond donors (Lipinski definition) is 3. The van der Waals surface area contributed by atoms with Crippen molar-refractivity contribution >= 4 is 39.3 Å².